The molecule has 0 saturated heterocycles. The van der Waals surface area contributed by atoms with Crippen LogP contribution in [0.5, 0.6) is 0 Å². The Balaban J connectivity index is 0.00000264. The quantitative estimate of drug-likeness (QED) is 0.840. The molecule has 0 aliphatic rings. The van der Waals surface area contributed by atoms with Crippen LogP contribution in [0, 0.1) is 0 Å². The number of carbonyl (C=O) groups is 1. The Morgan fingerprint density at radius 1 is 1.35 bits per heavy atom. The predicted molar refractivity (Wildman–Crippen MR) is 93.6 cm³/mol. The molecule has 1 atom stereocenters. The van der Waals surface area contributed by atoms with Gasteiger partial charge in [0.25, 0.3) is 5.56 Å². The van der Waals surface area contributed by atoms with Crippen LogP contribution in [0.4, 0.5) is 0 Å². The van der Waals surface area contributed by atoms with Crippen LogP contribution in [0.25, 0.3) is 10.9 Å². The van der Waals surface area contributed by atoms with Crippen LogP contribution in [0.3, 0.4) is 0 Å². The normalized spacial score (nSPS) is 11.8. The van der Waals surface area contributed by atoms with Crippen LogP contribution >= 0.6 is 12.4 Å². The zero-order valence-corrected chi connectivity index (χ0v) is 14.2. The Morgan fingerprint density at radius 2 is 2.04 bits per heavy atom. The van der Waals surface area contributed by atoms with Gasteiger partial charge in [-0.3, -0.25) is 9.59 Å². The highest BCUT2D eigenvalue weighted by atomic mass is 35.5. The number of amides is 1. The van der Waals surface area contributed by atoms with Crippen molar-refractivity contribution in [2.45, 2.75) is 39.3 Å². The van der Waals surface area contributed by atoms with Gasteiger partial charge in [-0.05, 0) is 25.5 Å². The summed E-state index contributed by atoms with van der Waals surface area (Å²) in [6, 6.07) is 6.64. The van der Waals surface area contributed by atoms with E-state index in [1.165, 1.54) is 0 Å². The van der Waals surface area contributed by atoms with E-state index in [0.717, 1.165) is 6.42 Å². The Bertz CT molecular complexity index is 717. The summed E-state index contributed by atoms with van der Waals surface area (Å²) < 4.78 is 0. The maximum Gasteiger partial charge on any atom is 0.258 e. The fraction of sp³-hybridized carbons (Fsp3) is 0.438. The van der Waals surface area contributed by atoms with Gasteiger partial charge >= 0.3 is 0 Å². The highest BCUT2D eigenvalue weighted by Gasteiger charge is 2.20. The Morgan fingerprint density at radius 3 is 2.70 bits per heavy atom. The van der Waals surface area contributed by atoms with Gasteiger partial charge in [-0.25, -0.2) is 4.98 Å². The Hall–Kier alpha value is -1.92. The average Bonchev–Trinajstić information content (AvgIpc) is 2.52. The monoisotopic (exact) mass is 338 g/mol. The highest BCUT2D eigenvalue weighted by Crippen LogP contribution is 2.08. The lowest BCUT2D eigenvalue weighted by molar-refractivity contribution is -0.133. The molecule has 0 aliphatic carbocycles. The molecule has 2 aromatic rings. The van der Waals surface area contributed by atoms with Crippen molar-refractivity contribution >= 4 is 29.2 Å². The summed E-state index contributed by atoms with van der Waals surface area (Å²) in [6.07, 6.45) is 1.51. The van der Waals surface area contributed by atoms with Crippen molar-refractivity contribution < 1.29 is 4.79 Å². The lowest BCUT2D eigenvalue weighted by Gasteiger charge is -2.23. The van der Waals surface area contributed by atoms with E-state index in [0.29, 0.717) is 29.7 Å². The molecule has 3 N–H and O–H groups in total. The minimum Gasteiger partial charge on any atom is -0.334 e. The number of hydrogen-bond acceptors (Lipinski definition) is 4. The molecule has 1 amide bonds. The molecule has 1 unspecified atom stereocenters. The summed E-state index contributed by atoms with van der Waals surface area (Å²) in [5.41, 5.74) is 6.33. The molecule has 0 fully saturated rings. The summed E-state index contributed by atoms with van der Waals surface area (Å²) in [7, 11) is 0. The zero-order valence-electron chi connectivity index (χ0n) is 13.4. The molecular formula is C16H23ClN4O2. The molecule has 2 rings (SSSR count). The van der Waals surface area contributed by atoms with Crippen LogP contribution in [-0.2, 0) is 11.3 Å². The van der Waals surface area contributed by atoms with Gasteiger partial charge in [0.2, 0.25) is 5.91 Å². The Kier molecular flexibility index (Phi) is 7.19. The van der Waals surface area contributed by atoms with E-state index in [2.05, 4.69) is 9.97 Å². The number of likely N-dealkylation sites (N-methyl/N-ethyl adjacent to an activating group) is 1. The first-order chi connectivity index (χ1) is 10.6. The van der Waals surface area contributed by atoms with Crippen molar-refractivity contribution in [2.75, 3.05) is 6.54 Å². The number of nitrogens with one attached hydrogen (secondary N) is 1. The molecule has 1 heterocycles. The molecule has 0 saturated carbocycles. The molecule has 0 spiro atoms. The first-order valence-electron chi connectivity index (χ1n) is 7.59. The second-order valence-corrected chi connectivity index (χ2v) is 5.28. The van der Waals surface area contributed by atoms with E-state index < -0.39 is 6.04 Å². The van der Waals surface area contributed by atoms with Gasteiger partial charge < -0.3 is 15.6 Å². The molecule has 0 bridgehead atoms. The van der Waals surface area contributed by atoms with E-state index in [1.807, 2.05) is 19.9 Å². The third-order valence-electron chi connectivity index (χ3n) is 3.61. The van der Waals surface area contributed by atoms with Crippen LogP contribution < -0.4 is 11.3 Å². The predicted octanol–water partition coefficient (Wildman–Crippen LogP) is 1.82. The van der Waals surface area contributed by atoms with Gasteiger partial charge in [0.1, 0.15) is 5.82 Å². The number of carbonyl (C=O) groups excluding carboxylic acids is 1. The van der Waals surface area contributed by atoms with Crippen molar-refractivity contribution in [1.29, 1.82) is 0 Å². The number of para-hydroxylation sites is 1. The average molecular weight is 339 g/mol. The topological polar surface area (TPSA) is 92.1 Å². The maximum absolute atomic E-state index is 12.3. The number of fused-ring (bicyclic) bond motifs is 1. The molecule has 0 aliphatic heterocycles. The summed E-state index contributed by atoms with van der Waals surface area (Å²) in [5.74, 6) is 0.364. The van der Waals surface area contributed by atoms with Gasteiger partial charge in [0, 0.05) is 6.54 Å². The van der Waals surface area contributed by atoms with E-state index in [-0.39, 0.29) is 30.4 Å². The number of aromatic nitrogens is 2. The summed E-state index contributed by atoms with van der Waals surface area (Å²) >= 11 is 0. The second-order valence-electron chi connectivity index (χ2n) is 5.28. The van der Waals surface area contributed by atoms with Crippen molar-refractivity contribution in [3.05, 3.63) is 40.4 Å². The van der Waals surface area contributed by atoms with Gasteiger partial charge in [-0.2, -0.15) is 0 Å². The largest absolute Gasteiger partial charge is 0.334 e. The van der Waals surface area contributed by atoms with E-state index >= 15 is 0 Å². The van der Waals surface area contributed by atoms with E-state index in [4.69, 9.17) is 5.73 Å². The first-order valence-corrected chi connectivity index (χ1v) is 7.59. The van der Waals surface area contributed by atoms with Crippen molar-refractivity contribution in [3.63, 3.8) is 0 Å². The van der Waals surface area contributed by atoms with Gasteiger partial charge in [-0.1, -0.05) is 25.5 Å². The number of halogens is 1. The van der Waals surface area contributed by atoms with Crippen LogP contribution in [0.1, 0.15) is 32.5 Å². The molecule has 126 valence electrons. The van der Waals surface area contributed by atoms with Gasteiger partial charge in [0.15, 0.2) is 0 Å². The van der Waals surface area contributed by atoms with Crippen LogP contribution in [0.15, 0.2) is 29.1 Å². The van der Waals surface area contributed by atoms with Crippen LogP contribution in [0.2, 0.25) is 0 Å². The third kappa shape index (κ3) is 4.53. The third-order valence-corrected chi connectivity index (χ3v) is 3.61. The lowest BCUT2D eigenvalue weighted by Crippen LogP contribution is -2.43. The van der Waals surface area contributed by atoms with Gasteiger partial charge in [0.05, 0.1) is 23.5 Å². The number of aromatic amines is 1. The number of rotatable bonds is 6. The smallest absolute Gasteiger partial charge is 0.258 e. The standard InChI is InChI=1S/C16H22N4O2.ClH/c1-3-7-12(17)16(22)20(4-2)10-14-18-13-9-6-5-8-11(13)15(21)19-14;/h5-6,8-9,12H,3-4,7,10,17H2,1-2H3,(H,18,19,21);1H. The summed E-state index contributed by atoms with van der Waals surface area (Å²) in [5, 5.41) is 0.545. The number of H-pyrrole nitrogens is 1. The van der Waals surface area contributed by atoms with Crippen molar-refractivity contribution in [3.8, 4) is 0 Å². The molecule has 1 aromatic heterocycles. The fourth-order valence-corrected chi connectivity index (χ4v) is 2.41. The van der Waals surface area contributed by atoms with Crippen molar-refractivity contribution in [1.82, 2.24) is 14.9 Å². The Labute approximate surface area is 141 Å². The lowest BCUT2D eigenvalue weighted by atomic mass is 10.1. The zero-order chi connectivity index (χ0) is 16.1. The molecule has 0 radical (unpaired) electrons. The highest BCUT2D eigenvalue weighted by molar-refractivity contribution is 5.85. The number of hydrogen-bond donors (Lipinski definition) is 2. The minimum absolute atomic E-state index is 0. The van der Waals surface area contributed by atoms with Crippen molar-refractivity contribution in [2.24, 2.45) is 5.73 Å². The molecule has 7 heteroatoms. The molecule has 6 nitrogen and oxygen atoms in total. The summed E-state index contributed by atoms with van der Waals surface area (Å²) in [6.45, 7) is 4.65. The SMILES string of the molecule is CCCC(N)C(=O)N(CC)Cc1nc2ccccc2c(=O)[nH]1.Cl. The number of nitrogens with two attached hydrogens (primary N) is 1. The second kappa shape index (κ2) is 8.64. The fourth-order valence-electron chi connectivity index (χ4n) is 2.41. The van der Waals surface area contributed by atoms with Gasteiger partial charge in [-0.15, -0.1) is 12.4 Å². The van der Waals surface area contributed by atoms with Crippen LogP contribution in [-0.4, -0.2) is 33.4 Å². The minimum atomic E-state index is -0.503. The molecular weight excluding hydrogens is 316 g/mol. The molecule has 23 heavy (non-hydrogen) atoms. The number of benzene rings is 1. The molecule has 1 aromatic carbocycles. The summed E-state index contributed by atoms with van der Waals surface area (Å²) in [4.78, 5) is 33.1. The maximum atomic E-state index is 12.3. The van der Waals surface area contributed by atoms with E-state index in [9.17, 15) is 9.59 Å². The first kappa shape index (κ1) is 19.1. The van der Waals surface area contributed by atoms with E-state index in [1.54, 1.807) is 23.1 Å². The number of nitrogens with zero attached hydrogens (tertiary/aromatic N) is 2.